The molecule has 0 aliphatic heterocycles. The lowest BCUT2D eigenvalue weighted by atomic mass is 9.55. The van der Waals surface area contributed by atoms with E-state index >= 15 is 0 Å². The lowest BCUT2D eigenvalue weighted by molar-refractivity contribution is 0.563. The van der Waals surface area contributed by atoms with Crippen molar-refractivity contribution in [2.75, 3.05) is 0 Å². The van der Waals surface area contributed by atoms with Gasteiger partial charge in [-0.05, 0) is 113 Å². The molecular formula is C63H45N. The first-order chi connectivity index (χ1) is 31.5. The molecule has 1 heterocycles. The molecule has 302 valence electrons. The van der Waals surface area contributed by atoms with Gasteiger partial charge in [-0.1, -0.05) is 226 Å². The Kier molecular flexibility index (Phi) is 8.81. The summed E-state index contributed by atoms with van der Waals surface area (Å²) in [6.07, 6.45) is 0. The molecule has 0 amide bonds. The van der Waals surface area contributed by atoms with Gasteiger partial charge < -0.3 is 0 Å². The standard InChI is InChI=1S/C63H45N/c1-62(2)54-27-12-14-29-56(54)63(57-30-15-13-28-55(57)62)53-37-36-49(45-34-32-44(33-35-45)48-25-16-24-47(38-48)42-18-6-3-7-19-42)39-52(53)61-51(26-17-31-58(61)63)60-41-50(43-20-8-4-9-21-43)40-59(64-60)46-22-10-5-11-23-46/h3-41H,1-2H3. The van der Waals surface area contributed by atoms with E-state index in [4.69, 9.17) is 4.98 Å². The SMILES string of the molecule is CC1(C)c2ccccc2C2(c3ccc(-c4ccc(-c5cccc(-c6ccccc6)c5)cc4)cc3-c3c(-c4cc(-c5ccccc5)cc(-c5ccccc5)n4)cccc32)c2ccccc21. The van der Waals surface area contributed by atoms with Gasteiger partial charge in [0.15, 0.2) is 0 Å². The molecule has 12 rings (SSSR count). The molecule has 0 fully saturated rings. The molecule has 2 aliphatic carbocycles. The maximum Gasteiger partial charge on any atom is 0.0722 e. The summed E-state index contributed by atoms with van der Waals surface area (Å²) in [5.41, 5.74) is 23.5. The fourth-order valence-electron chi connectivity index (χ4n) is 10.9. The van der Waals surface area contributed by atoms with Crippen LogP contribution < -0.4 is 0 Å². The van der Waals surface area contributed by atoms with Crippen molar-refractivity contribution in [3.8, 4) is 78.1 Å². The van der Waals surface area contributed by atoms with Crippen molar-refractivity contribution < 1.29 is 0 Å². The third-order valence-electron chi connectivity index (χ3n) is 14.0. The van der Waals surface area contributed by atoms with Crippen molar-refractivity contribution >= 4 is 0 Å². The van der Waals surface area contributed by atoms with Gasteiger partial charge in [-0.2, -0.15) is 0 Å². The number of hydrogen-bond donors (Lipinski definition) is 0. The van der Waals surface area contributed by atoms with Crippen LogP contribution in [0.1, 0.15) is 47.2 Å². The third kappa shape index (κ3) is 5.89. The van der Waals surface area contributed by atoms with Crippen molar-refractivity contribution in [3.63, 3.8) is 0 Å². The molecule has 64 heavy (non-hydrogen) atoms. The number of pyridine rings is 1. The van der Waals surface area contributed by atoms with Crippen LogP contribution in [0.15, 0.2) is 237 Å². The summed E-state index contributed by atoms with van der Waals surface area (Å²) in [5.74, 6) is 0. The zero-order valence-corrected chi connectivity index (χ0v) is 36.0. The Balaban J connectivity index is 1.09. The summed E-state index contributed by atoms with van der Waals surface area (Å²) in [7, 11) is 0. The highest BCUT2D eigenvalue weighted by Crippen LogP contribution is 2.63. The molecule has 0 atom stereocenters. The minimum absolute atomic E-state index is 0.183. The maximum absolute atomic E-state index is 5.54. The Labute approximate surface area is 376 Å². The molecule has 0 saturated heterocycles. The first-order valence-corrected chi connectivity index (χ1v) is 22.4. The van der Waals surface area contributed by atoms with Gasteiger partial charge in [0.25, 0.3) is 0 Å². The van der Waals surface area contributed by atoms with Crippen molar-refractivity contribution in [2.24, 2.45) is 0 Å². The predicted octanol–water partition coefficient (Wildman–Crippen LogP) is 16.1. The molecule has 0 bridgehead atoms. The van der Waals surface area contributed by atoms with Crippen LogP contribution in [0.4, 0.5) is 0 Å². The van der Waals surface area contributed by atoms with Crippen LogP contribution in [-0.2, 0) is 10.8 Å². The van der Waals surface area contributed by atoms with Crippen molar-refractivity contribution in [2.45, 2.75) is 24.7 Å². The van der Waals surface area contributed by atoms with Crippen LogP contribution in [0.3, 0.4) is 0 Å². The van der Waals surface area contributed by atoms with E-state index in [0.717, 1.165) is 28.1 Å². The van der Waals surface area contributed by atoms with Gasteiger partial charge in [-0.15, -0.1) is 0 Å². The number of aromatic nitrogens is 1. The number of hydrogen-bond acceptors (Lipinski definition) is 1. The number of fused-ring (bicyclic) bond motifs is 9. The van der Waals surface area contributed by atoms with Gasteiger partial charge >= 0.3 is 0 Å². The van der Waals surface area contributed by atoms with E-state index in [1.807, 2.05) is 0 Å². The Morgan fingerprint density at radius 1 is 0.266 bits per heavy atom. The molecule has 0 unspecified atom stereocenters. The van der Waals surface area contributed by atoms with Gasteiger partial charge in [0.1, 0.15) is 0 Å². The zero-order valence-electron chi connectivity index (χ0n) is 36.0. The van der Waals surface area contributed by atoms with E-state index in [1.54, 1.807) is 0 Å². The van der Waals surface area contributed by atoms with Crippen LogP contribution in [-0.4, -0.2) is 4.98 Å². The van der Waals surface area contributed by atoms with Crippen LogP contribution in [0.5, 0.6) is 0 Å². The summed E-state index contributed by atoms with van der Waals surface area (Å²) in [6.45, 7) is 4.78. The molecule has 0 N–H and O–H groups in total. The number of benzene rings is 9. The third-order valence-corrected chi connectivity index (χ3v) is 14.0. The molecule has 0 saturated carbocycles. The lowest BCUT2D eigenvalue weighted by Crippen LogP contribution is -2.40. The van der Waals surface area contributed by atoms with Crippen LogP contribution in [0, 0.1) is 0 Å². The second-order valence-corrected chi connectivity index (χ2v) is 17.8. The molecular weight excluding hydrogens is 771 g/mol. The highest BCUT2D eigenvalue weighted by molar-refractivity contribution is 5.98. The summed E-state index contributed by atoms with van der Waals surface area (Å²) in [4.78, 5) is 5.54. The van der Waals surface area contributed by atoms with Gasteiger partial charge in [-0.25, -0.2) is 4.98 Å². The van der Waals surface area contributed by atoms with E-state index in [1.165, 1.54) is 83.5 Å². The minimum Gasteiger partial charge on any atom is -0.248 e. The van der Waals surface area contributed by atoms with E-state index in [9.17, 15) is 0 Å². The van der Waals surface area contributed by atoms with Crippen LogP contribution in [0.2, 0.25) is 0 Å². The molecule has 1 spiro atoms. The molecule has 10 aromatic rings. The van der Waals surface area contributed by atoms with Crippen molar-refractivity contribution in [3.05, 3.63) is 270 Å². The van der Waals surface area contributed by atoms with Gasteiger partial charge in [-0.3, -0.25) is 0 Å². The normalized spacial score (nSPS) is 13.7. The first kappa shape index (κ1) is 37.9. The summed E-state index contributed by atoms with van der Waals surface area (Å²) in [6, 6.07) is 87.0. The second-order valence-electron chi connectivity index (χ2n) is 17.8. The second kappa shape index (κ2) is 14.9. The zero-order chi connectivity index (χ0) is 42.8. The Morgan fingerprint density at radius 3 is 1.28 bits per heavy atom. The largest absolute Gasteiger partial charge is 0.248 e. The van der Waals surface area contributed by atoms with Crippen molar-refractivity contribution in [1.29, 1.82) is 0 Å². The average Bonchev–Trinajstić information content (AvgIpc) is 3.67. The van der Waals surface area contributed by atoms with E-state index in [2.05, 4.69) is 250 Å². The monoisotopic (exact) mass is 815 g/mol. The summed E-state index contributed by atoms with van der Waals surface area (Å²) < 4.78 is 0. The molecule has 1 aromatic heterocycles. The van der Waals surface area contributed by atoms with Gasteiger partial charge in [0.2, 0.25) is 0 Å². The molecule has 1 heteroatoms. The molecule has 2 aliphatic rings. The van der Waals surface area contributed by atoms with Crippen LogP contribution in [0.25, 0.3) is 78.1 Å². The summed E-state index contributed by atoms with van der Waals surface area (Å²) >= 11 is 0. The van der Waals surface area contributed by atoms with Crippen molar-refractivity contribution in [1.82, 2.24) is 4.98 Å². The fraction of sp³-hybridized carbons (Fsp3) is 0.0635. The van der Waals surface area contributed by atoms with E-state index < -0.39 is 5.41 Å². The first-order valence-electron chi connectivity index (χ1n) is 22.4. The highest BCUT2D eigenvalue weighted by atomic mass is 14.7. The fourth-order valence-corrected chi connectivity index (χ4v) is 10.9. The molecule has 0 radical (unpaired) electrons. The smallest absolute Gasteiger partial charge is 0.0722 e. The Hall–Kier alpha value is -7.87. The predicted molar refractivity (Wildman–Crippen MR) is 266 cm³/mol. The molecule has 1 nitrogen and oxygen atoms in total. The minimum atomic E-state index is -0.533. The summed E-state index contributed by atoms with van der Waals surface area (Å²) in [5, 5.41) is 0. The highest BCUT2D eigenvalue weighted by Gasteiger charge is 2.53. The topological polar surface area (TPSA) is 12.9 Å². The Morgan fingerprint density at radius 2 is 0.688 bits per heavy atom. The average molecular weight is 816 g/mol. The van der Waals surface area contributed by atoms with E-state index in [-0.39, 0.29) is 5.41 Å². The quantitative estimate of drug-likeness (QED) is 0.163. The lowest BCUT2D eigenvalue weighted by Gasteiger charge is -2.46. The number of rotatable bonds is 6. The maximum atomic E-state index is 5.54. The van der Waals surface area contributed by atoms with Crippen LogP contribution >= 0.6 is 0 Å². The van der Waals surface area contributed by atoms with E-state index in [0.29, 0.717) is 0 Å². The van der Waals surface area contributed by atoms with Gasteiger partial charge in [0.05, 0.1) is 16.8 Å². The Bertz CT molecular complexity index is 3270. The molecule has 9 aromatic carbocycles. The van der Waals surface area contributed by atoms with Gasteiger partial charge in [0, 0.05) is 16.5 Å². The number of nitrogens with zero attached hydrogens (tertiary/aromatic N) is 1.